The van der Waals surface area contributed by atoms with Gasteiger partial charge in [-0.15, -0.1) is 0 Å². The number of hydrogen-bond acceptors (Lipinski definition) is 6. The monoisotopic (exact) mass is 453 g/mol. The van der Waals surface area contributed by atoms with Crippen LogP contribution in [0.4, 0.5) is 11.5 Å². The lowest BCUT2D eigenvalue weighted by Gasteiger charge is -2.19. The van der Waals surface area contributed by atoms with Crippen LogP contribution in [0, 0.1) is 0 Å². The standard InChI is InChI=1S/C24H31N5O4/c1-3-28(4-2)21-11-10-18(15-25-21)16-26-23(31)24(32)27-19-8-7-9-20(14-19)33-17-22(30)29-12-5-6-13-29/h7-11,14-15H,3-6,12-13,16-17H2,1-2H3,(H,26,31)(H,27,32). The molecule has 1 aromatic carbocycles. The van der Waals surface area contributed by atoms with Crippen molar-refractivity contribution in [3.63, 3.8) is 0 Å². The van der Waals surface area contributed by atoms with Crippen molar-refractivity contribution in [2.45, 2.75) is 33.2 Å². The first-order valence-corrected chi connectivity index (χ1v) is 11.3. The molecular weight excluding hydrogens is 422 g/mol. The normalized spacial score (nSPS) is 12.8. The van der Waals surface area contributed by atoms with Gasteiger partial charge in [-0.3, -0.25) is 14.4 Å². The van der Waals surface area contributed by atoms with Crippen LogP contribution >= 0.6 is 0 Å². The molecule has 3 amide bonds. The second-order valence-electron chi connectivity index (χ2n) is 7.74. The van der Waals surface area contributed by atoms with Crippen molar-refractivity contribution in [2.75, 3.05) is 43.0 Å². The highest BCUT2D eigenvalue weighted by Crippen LogP contribution is 2.18. The molecule has 1 aromatic heterocycles. The summed E-state index contributed by atoms with van der Waals surface area (Å²) in [7, 11) is 0. The van der Waals surface area contributed by atoms with Crippen molar-refractivity contribution >= 4 is 29.2 Å². The number of carbonyl (C=O) groups excluding carboxylic acids is 3. The van der Waals surface area contributed by atoms with Crippen LogP contribution < -0.4 is 20.3 Å². The van der Waals surface area contributed by atoms with Crippen LogP contribution in [-0.2, 0) is 20.9 Å². The number of benzene rings is 1. The van der Waals surface area contributed by atoms with E-state index in [1.54, 1.807) is 35.4 Å². The number of likely N-dealkylation sites (tertiary alicyclic amines) is 1. The lowest BCUT2D eigenvalue weighted by molar-refractivity contribution is -0.136. The Labute approximate surface area is 194 Å². The summed E-state index contributed by atoms with van der Waals surface area (Å²) in [6.07, 6.45) is 3.73. The summed E-state index contributed by atoms with van der Waals surface area (Å²) in [5, 5.41) is 5.15. The number of rotatable bonds is 9. The fraction of sp³-hybridized carbons (Fsp3) is 0.417. The highest BCUT2D eigenvalue weighted by molar-refractivity contribution is 6.39. The Balaban J connectivity index is 1.46. The molecule has 1 fully saturated rings. The maximum atomic E-state index is 12.3. The smallest absolute Gasteiger partial charge is 0.313 e. The number of carbonyl (C=O) groups is 3. The summed E-state index contributed by atoms with van der Waals surface area (Å²) in [6.45, 7) is 7.52. The molecule has 2 heterocycles. The maximum Gasteiger partial charge on any atom is 0.313 e. The van der Waals surface area contributed by atoms with Crippen LogP contribution in [0.1, 0.15) is 32.3 Å². The van der Waals surface area contributed by atoms with Crippen LogP contribution in [0.15, 0.2) is 42.6 Å². The summed E-state index contributed by atoms with van der Waals surface area (Å²) >= 11 is 0. The number of nitrogens with zero attached hydrogens (tertiary/aromatic N) is 3. The molecule has 0 atom stereocenters. The molecule has 2 N–H and O–H groups in total. The third-order valence-electron chi connectivity index (χ3n) is 5.47. The predicted molar refractivity (Wildman–Crippen MR) is 126 cm³/mol. The molecule has 0 bridgehead atoms. The van der Waals surface area contributed by atoms with Crippen molar-refractivity contribution in [3.05, 3.63) is 48.2 Å². The van der Waals surface area contributed by atoms with E-state index in [2.05, 4.69) is 34.4 Å². The van der Waals surface area contributed by atoms with Crippen molar-refractivity contribution in [2.24, 2.45) is 0 Å². The molecule has 2 aromatic rings. The second kappa shape index (κ2) is 11.8. The Hall–Kier alpha value is -3.62. The quantitative estimate of drug-likeness (QED) is 0.564. The molecule has 9 heteroatoms. The molecule has 1 aliphatic heterocycles. The Morgan fingerprint density at radius 1 is 1.06 bits per heavy atom. The van der Waals surface area contributed by atoms with Crippen LogP contribution in [0.5, 0.6) is 5.75 Å². The number of hydrogen-bond donors (Lipinski definition) is 2. The SMILES string of the molecule is CCN(CC)c1ccc(CNC(=O)C(=O)Nc2cccc(OCC(=O)N3CCCC3)c2)cn1. The van der Waals surface area contributed by atoms with Gasteiger partial charge in [0.15, 0.2) is 6.61 Å². The highest BCUT2D eigenvalue weighted by atomic mass is 16.5. The third kappa shape index (κ3) is 6.93. The van der Waals surface area contributed by atoms with Gasteiger partial charge in [-0.25, -0.2) is 4.98 Å². The highest BCUT2D eigenvalue weighted by Gasteiger charge is 2.18. The zero-order valence-corrected chi connectivity index (χ0v) is 19.2. The van der Waals surface area contributed by atoms with E-state index < -0.39 is 11.8 Å². The van der Waals surface area contributed by atoms with Gasteiger partial charge in [0.25, 0.3) is 5.91 Å². The number of nitrogens with one attached hydrogen (secondary N) is 2. The van der Waals surface area contributed by atoms with Crippen molar-refractivity contribution in [3.8, 4) is 5.75 Å². The maximum absolute atomic E-state index is 12.3. The molecule has 0 spiro atoms. The number of anilines is 2. The van der Waals surface area contributed by atoms with E-state index >= 15 is 0 Å². The minimum Gasteiger partial charge on any atom is -0.484 e. The molecule has 9 nitrogen and oxygen atoms in total. The van der Waals surface area contributed by atoms with Gasteiger partial charge in [0, 0.05) is 50.7 Å². The van der Waals surface area contributed by atoms with Crippen molar-refractivity contribution in [1.29, 1.82) is 0 Å². The third-order valence-corrected chi connectivity index (χ3v) is 5.47. The van der Waals surface area contributed by atoms with Crippen LogP contribution in [0.2, 0.25) is 0 Å². The summed E-state index contributed by atoms with van der Waals surface area (Å²) in [6, 6.07) is 10.4. The number of amides is 3. The first-order valence-electron chi connectivity index (χ1n) is 11.3. The average Bonchev–Trinajstić information content (AvgIpc) is 3.38. The molecule has 176 valence electrons. The molecule has 0 radical (unpaired) electrons. The average molecular weight is 454 g/mol. The summed E-state index contributed by atoms with van der Waals surface area (Å²) in [4.78, 5) is 44.9. The van der Waals surface area contributed by atoms with Gasteiger partial charge < -0.3 is 25.2 Å². The molecule has 1 aliphatic rings. The Kier molecular flexibility index (Phi) is 8.63. The Morgan fingerprint density at radius 3 is 2.48 bits per heavy atom. The van der Waals surface area contributed by atoms with Crippen molar-refractivity contribution in [1.82, 2.24) is 15.2 Å². The fourth-order valence-electron chi connectivity index (χ4n) is 3.57. The van der Waals surface area contributed by atoms with E-state index in [9.17, 15) is 14.4 Å². The molecule has 1 saturated heterocycles. The number of aromatic nitrogens is 1. The molecule has 0 unspecified atom stereocenters. The first kappa shape index (κ1) is 24.0. The van der Waals surface area contributed by atoms with Gasteiger partial charge in [-0.2, -0.15) is 0 Å². The van der Waals surface area contributed by atoms with Gasteiger partial charge in [-0.05, 0) is 50.5 Å². The van der Waals surface area contributed by atoms with Crippen LogP contribution in [-0.4, -0.2) is 60.4 Å². The summed E-state index contributed by atoms with van der Waals surface area (Å²) < 4.78 is 5.56. The second-order valence-corrected chi connectivity index (χ2v) is 7.74. The van der Waals surface area contributed by atoms with E-state index in [1.807, 2.05) is 12.1 Å². The molecule has 0 saturated carbocycles. The fourth-order valence-corrected chi connectivity index (χ4v) is 3.57. The van der Waals surface area contributed by atoms with Crippen molar-refractivity contribution < 1.29 is 19.1 Å². The van der Waals surface area contributed by atoms with E-state index in [4.69, 9.17) is 4.74 Å². The Morgan fingerprint density at radius 2 is 1.82 bits per heavy atom. The van der Waals surface area contributed by atoms with Gasteiger partial charge in [-0.1, -0.05) is 12.1 Å². The number of ether oxygens (including phenoxy) is 1. The van der Waals surface area contributed by atoms with E-state index in [0.29, 0.717) is 11.4 Å². The molecule has 0 aliphatic carbocycles. The lowest BCUT2D eigenvalue weighted by atomic mass is 10.2. The Bertz CT molecular complexity index is 954. The zero-order valence-electron chi connectivity index (χ0n) is 19.2. The predicted octanol–water partition coefficient (Wildman–Crippen LogP) is 2.18. The molecule has 33 heavy (non-hydrogen) atoms. The van der Waals surface area contributed by atoms with E-state index in [0.717, 1.165) is 50.4 Å². The van der Waals surface area contributed by atoms with Gasteiger partial charge in [0.2, 0.25) is 0 Å². The van der Waals surface area contributed by atoms with Gasteiger partial charge in [0.1, 0.15) is 11.6 Å². The van der Waals surface area contributed by atoms with E-state index in [1.165, 1.54) is 0 Å². The van der Waals surface area contributed by atoms with Gasteiger partial charge >= 0.3 is 11.8 Å². The number of pyridine rings is 1. The lowest BCUT2D eigenvalue weighted by Crippen LogP contribution is -2.35. The summed E-state index contributed by atoms with van der Waals surface area (Å²) in [5.74, 6) is -0.274. The van der Waals surface area contributed by atoms with Gasteiger partial charge in [0.05, 0.1) is 0 Å². The molecular formula is C24H31N5O4. The minimum atomic E-state index is -0.784. The largest absolute Gasteiger partial charge is 0.484 e. The van der Waals surface area contributed by atoms with Crippen LogP contribution in [0.3, 0.4) is 0 Å². The summed E-state index contributed by atoms with van der Waals surface area (Å²) in [5.41, 5.74) is 1.21. The molecule has 3 rings (SSSR count). The zero-order chi connectivity index (χ0) is 23.6. The topological polar surface area (TPSA) is 104 Å². The minimum absolute atomic E-state index is 0.0547. The van der Waals surface area contributed by atoms with E-state index in [-0.39, 0.29) is 19.1 Å². The first-order chi connectivity index (χ1) is 16.0. The van der Waals surface area contributed by atoms with Crippen LogP contribution in [0.25, 0.3) is 0 Å².